The lowest BCUT2D eigenvalue weighted by Gasteiger charge is -1.93. The quantitative estimate of drug-likeness (QED) is 0.409. The number of hydrogen-bond acceptors (Lipinski definition) is 3. The van der Waals surface area contributed by atoms with Crippen LogP contribution in [0.5, 0.6) is 0 Å². The number of aromatic nitrogens is 4. The van der Waals surface area contributed by atoms with Crippen LogP contribution in [0.4, 0.5) is 0 Å². The van der Waals surface area contributed by atoms with Gasteiger partial charge in [0.1, 0.15) is 6.54 Å². The Hall–Kier alpha value is -2.27. The maximum atomic E-state index is 8.01. The minimum atomic E-state index is -2.24. The second-order valence-corrected chi connectivity index (χ2v) is 5.94. The fraction of sp³-hybridized carbons (Fsp3) is 0.133. The molecular weight excluding hydrogens is 268 g/mol. The maximum Gasteiger partial charge on any atom is 0.291 e. The maximum absolute atomic E-state index is 8.01. The zero-order valence-corrected chi connectivity index (χ0v) is 11.2. The molecule has 0 saturated heterocycles. The predicted molar refractivity (Wildman–Crippen MR) is 78.6 cm³/mol. The molecule has 0 radical (unpaired) electrons. The van der Waals surface area contributed by atoms with E-state index in [1.807, 2.05) is 18.3 Å². The van der Waals surface area contributed by atoms with Gasteiger partial charge in [0.25, 0.3) is 5.82 Å². The highest BCUT2D eigenvalue weighted by Crippen LogP contribution is 2.39. The minimum absolute atomic E-state index is 0.645. The first-order valence-corrected chi connectivity index (χ1v) is 7.12. The smallest absolute Gasteiger partial charge is 0.264 e. The van der Waals surface area contributed by atoms with Crippen molar-refractivity contribution in [3.8, 4) is 11.4 Å². The van der Waals surface area contributed by atoms with Crippen LogP contribution in [0.15, 0.2) is 36.9 Å². The summed E-state index contributed by atoms with van der Waals surface area (Å²) < 4.78 is 28.6. The van der Waals surface area contributed by atoms with Crippen LogP contribution in [0.3, 0.4) is 0 Å². The first-order chi connectivity index (χ1) is 11.1. The Morgan fingerprint density at radius 1 is 1.30 bits per heavy atom. The van der Waals surface area contributed by atoms with Crippen molar-refractivity contribution >= 4 is 31.8 Å². The largest absolute Gasteiger partial charge is 0.291 e. The summed E-state index contributed by atoms with van der Waals surface area (Å²) in [5.41, 5.74) is 2.97. The Morgan fingerprint density at radius 3 is 3.15 bits per heavy atom. The number of imidazole rings is 1. The molecule has 0 fully saturated rings. The lowest BCUT2D eigenvalue weighted by molar-refractivity contribution is -0.631. The van der Waals surface area contributed by atoms with Crippen LogP contribution in [0.25, 0.3) is 31.8 Å². The number of rotatable bonds is 0. The van der Waals surface area contributed by atoms with Crippen LogP contribution in [0.1, 0.15) is 9.68 Å². The highest BCUT2D eigenvalue weighted by atomic mass is 32.1. The van der Waals surface area contributed by atoms with E-state index in [4.69, 9.17) is 4.11 Å². The van der Waals surface area contributed by atoms with Crippen LogP contribution in [-0.4, -0.2) is 14.5 Å². The molecule has 0 bridgehead atoms. The van der Waals surface area contributed by atoms with Gasteiger partial charge in [-0.2, -0.15) is 0 Å². The van der Waals surface area contributed by atoms with Crippen LogP contribution in [-0.2, 0) is 13.5 Å². The van der Waals surface area contributed by atoms with Gasteiger partial charge in [0, 0.05) is 35.7 Å². The first-order valence-electron chi connectivity index (χ1n) is 7.80. The van der Waals surface area contributed by atoms with E-state index < -0.39 is 6.98 Å². The van der Waals surface area contributed by atoms with Crippen LogP contribution in [0, 0.1) is 0 Å². The summed E-state index contributed by atoms with van der Waals surface area (Å²) in [6, 6.07) is 3.84. The molecule has 1 aliphatic rings. The third kappa shape index (κ3) is 1.10. The molecule has 1 aliphatic heterocycles. The number of aryl methyl sites for hydroxylation is 1. The van der Waals surface area contributed by atoms with Gasteiger partial charge in [0.2, 0.25) is 4.83 Å². The van der Waals surface area contributed by atoms with E-state index in [1.165, 1.54) is 15.9 Å². The molecule has 0 N–H and O–H groups in total. The monoisotopic (exact) mass is 282 g/mol. The summed E-state index contributed by atoms with van der Waals surface area (Å²) in [5.74, 6) is 0.738. The summed E-state index contributed by atoms with van der Waals surface area (Å²) in [4.78, 5) is 9.09. The van der Waals surface area contributed by atoms with E-state index in [2.05, 4.69) is 14.5 Å². The van der Waals surface area contributed by atoms with Gasteiger partial charge in [-0.15, -0.1) is 0 Å². The number of hydrogen-bond donors (Lipinski definition) is 0. The first kappa shape index (κ1) is 8.11. The van der Waals surface area contributed by atoms with Crippen molar-refractivity contribution < 1.29 is 8.68 Å². The minimum Gasteiger partial charge on any atom is -0.264 e. The van der Waals surface area contributed by atoms with Gasteiger partial charge in [-0.25, -0.2) is 9.13 Å². The van der Waals surface area contributed by atoms with Crippen molar-refractivity contribution in [2.75, 3.05) is 0 Å². The summed E-state index contributed by atoms with van der Waals surface area (Å²) in [6.45, 7) is -1.59. The van der Waals surface area contributed by atoms with Crippen molar-refractivity contribution in [2.24, 2.45) is 6.98 Å². The molecule has 5 heterocycles. The SMILES string of the molecule is [2H]C([2H])([2H])[n+]1c2n(c3c4ccncc4sc31)Cc1cnccc1-2. The van der Waals surface area contributed by atoms with Gasteiger partial charge in [-0.1, -0.05) is 11.3 Å². The van der Waals surface area contributed by atoms with E-state index in [0.29, 0.717) is 6.54 Å². The molecule has 0 amide bonds. The van der Waals surface area contributed by atoms with Crippen molar-refractivity contribution in [1.29, 1.82) is 0 Å². The Labute approximate surface area is 123 Å². The molecule has 96 valence electrons. The fourth-order valence-corrected chi connectivity index (χ4v) is 4.11. The highest BCUT2D eigenvalue weighted by Gasteiger charge is 2.34. The molecule has 0 atom stereocenters. The molecule has 0 spiro atoms. The summed E-state index contributed by atoms with van der Waals surface area (Å²) in [5, 5.41) is 1.05. The lowest BCUT2D eigenvalue weighted by Crippen LogP contribution is -2.28. The molecule has 4 nitrogen and oxygen atoms in total. The summed E-state index contributed by atoms with van der Waals surface area (Å²) in [7, 11) is 0. The standard InChI is InChI=1S/C15H11N4S/c1-18-14-10-2-4-16-6-9(10)8-19(14)13-11-3-5-17-7-12(11)20-15(13)18/h2-7H,8H2,1H3/q+1/i1D3. The van der Waals surface area contributed by atoms with E-state index in [-0.39, 0.29) is 0 Å². The van der Waals surface area contributed by atoms with E-state index in [0.717, 1.165) is 37.4 Å². The van der Waals surface area contributed by atoms with E-state index in [1.54, 1.807) is 18.6 Å². The van der Waals surface area contributed by atoms with E-state index >= 15 is 0 Å². The molecule has 0 aliphatic carbocycles. The molecule has 5 rings (SSSR count). The number of fused-ring (bicyclic) bond motifs is 7. The van der Waals surface area contributed by atoms with Crippen molar-refractivity contribution in [1.82, 2.24) is 14.5 Å². The highest BCUT2D eigenvalue weighted by molar-refractivity contribution is 7.25. The molecular formula is C15H11N4S+. The third-order valence-electron chi connectivity index (χ3n) is 3.86. The molecule has 20 heavy (non-hydrogen) atoms. The lowest BCUT2D eigenvalue weighted by atomic mass is 10.2. The molecule has 0 saturated carbocycles. The Balaban J connectivity index is 2.01. The van der Waals surface area contributed by atoms with Gasteiger partial charge in [0.15, 0.2) is 5.52 Å². The van der Waals surface area contributed by atoms with Crippen molar-refractivity contribution in [3.05, 3.63) is 42.5 Å². The molecule has 0 aromatic carbocycles. The van der Waals surface area contributed by atoms with Crippen LogP contribution < -0.4 is 4.57 Å². The average Bonchev–Trinajstić information content (AvgIpc) is 3.12. The number of thiophene rings is 1. The second kappa shape index (κ2) is 3.43. The molecule has 4 aromatic heterocycles. The van der Waals surface area contributed by atoms with Crippen molar-refractivity contribution in [2.45, 2.75) is 6.54 Å². The van der Waals surface area contributed by atoms with Crippen LogP contribution in [0.2, 0.25) is 0 Å². The topological polar surface area (TPSA) is 34.6 Å². The van der Waals surface area contributed by atoms with Gasteiger partial charge >= 0.3 is 0 Å². The third-order valence-corrected chi connectivity index (χ3v) is 4.98. The number of pyridine rings is 2. The fourth-order valence-electron chi connectivity index (χ4n) is 3.02. The Bertz CT molecular complexity index is 1090. The normalized spacial score (nSPS) is 15.9. The van der Waals surface area contributed by atoms with Gasteiger partial charge in [-0.05, 0) is 12.1 Å². The van der Waals surface area contributed by atoms with Crippen LogP contribution >= 0.6 is 11.3 Å². The predicted octanol–water partition coefficient (Wildman–Crippen LogP) is 2.50. The van der Waals surface area contributed by atoms with E-state index in [9.17, 15) is 0 Å². The summed E-state index contributed by atoms with van der Waals surface area (Å²) >= 11 is 1.48. The molecule has 5 heteroatoms. The zero-order chi connectivity index (χ0) is 15.8. The average molecular weight is 282 g/mol. The van der Waals surface area contributed by atoms with Gasteiger partial charge in [0.05, 0.1) is 21.4 Å². The molecule has 4 aromatic rings. The second-order valence-electron chi connectivity index (χ2n) is 4.91. The number of nitrogens with zero attached hydrogens (tertiary/aromatic N) is 4. The molecule has 0 unspecified atom stereocenters. The van der Waals surface area contributed by atoms with Gasteiger partial charge < -0.3 is 0 Å². The zero-order valence-electron chi connectivity index (χ0n) is 13.4. The van der Waals surface area contributed by atoms with Crippen molar-refractivity contribution in [3.63, 3.8) is 0 Å². The Kier molecular flexibility index (Phi) is 1.39. The summed E-state index contributed by atoms with van der Waals surface area (Å²) in [6.07, 6.45) is 7.06. The Morgan fingerprint density at radius 2 is 2.20 bits per heavy atom. The van der Waals surface area contributed by atoms with Gasteiger partial charge in [-0.3, -0.25) is 9.97 Å².